The van der Waals surface area contributed by atoms with Crippen LogP contribution in [0.5, 0.6) is 0 Å². The first-order valence-electron chi connectivity index (χ1n) is 3.19. The molecule has 0 radical (unpaired) electrons. The van der Waals surface area contributed by atoms with Crippen molar-refractivity contribution in [1.29, 1.82) is 0 Å². The largest absolute Gasteiger partial charge is 0.404 e. The third-order valence-electron chi connectivity index (χ3n) is 0.911. The second-order valence-corrected chi connectivity index (χ2v) is 1.95. The van der Waals surface area contributed by atoms with E-state index in [2.05, 4.69) is 11.9 Å². The van der Waals surface area contributed by atoms with Crippen LogP contribution in [0.15, 0.2) is 16.8 Å². The molecular formula is C7H14N2. The van der Waals surface area contributed by atoms with Crippen molar-refractivity contribution in [2.45, 2.75) is 20.3 Å². The fourth-order valence-corrected chi connectivity index (χ4v) is 0.381. The Kier molecular flexibility index (Phi) is 4.88. The first-order valence-corrected chi connectivity index (χ1v) is 3.19. The van der Waals surface area contributed by atoms with E-state index in [-0.39, 0.29) is 0 Å². The molecule has 0 aliphatic rings. The smallest absolute Gasteiger partial charge is 0.0386 e. The Morgan fingerprint density at radius 1 is 1.67 bits per heavy atom. The van der Waals surface area contributed by atoms with Gasteiger partial charge < -0.3 is 5.73 Å². The van der Waals surface area contributed by atoms with Crippen LogP contribution in [0, 0.1) is 0 Å². The summed E-state index contributed by atoms with van der Waals surface area (Å²) in [7, 11) is 0. The summed E-state index contributed by atoms with van der Waals surface area (Å²) in [4.78, 5) is 4.09. The number of hydrogen-bond donors (Lipinski definition) is 1. The Morgan fingerprint density at radius 2 is 2.33 bits per heavy atom. The average molecular weight is 126 g/mol. The van der Waals surface area contributed by atoms with E-state index in [0.29, 0.717) is 0 Å². The van der Waals surface area contributed by atoms with Gasteiger partial charge in [-0.15, -0.1) is 0 Å². The molecule has 2 N–H and O–H groups in total. The van der Waals surface area contributed by atoms with Crippen LogP contribution in [-0.4, -0.2) is 12.8 Å². The topological polar surface area (TPSA) is 38.4 Å². The maximum absolute atomic E-state index is 5.20. The number of aliphatic imine (C=N–C) groups is 1. The zero-order valence-electron chi connectivity index (χ0n) is 6.09. The summed E-state index contributed by atoms with van der Waals surface area (Å²) in [6.07, 6.45) is 4.44. The SMILES string of the molecule is CCC/N=C\C(C)=C/N. The highest BCUT2D eigenvalue weighted by Crippen LogP contribution is 1.83. The fourth-order valence-electron chi connectivity index (χ4n) is 0.381. The maximum Gasteiger partial charge on any atom is 0.0386 e. The summed E-state index contributed by atoms with van der Waals surface area (Å²) in [5.41, 5.74) is 6.22. The van der Waals surface area contributed by atoms with Gasteiger partial charge >= 0.3 is 0 Å². The molecular weight excluding hydrogens is 112 g/mol. The first-order chi connectivity index (χ1) is 4.31. The van der Waals surface area contributed by atoms with Gasteiger partial charge in [-0.25, -0.2) is 0 Å². The predicted molar refractivity (Wildman–Crippen MR) is 41.6 cm³/mol. The standard InChI is InChI=1S/C7H14N2/c1-3-4-9-6-7(2)5-8/h5-6H,3-4,8H2,1-2H3/b7-5-,9-6-. The summed E-state index contributed by atoms with van der Waals surface area (Å²) in [6, 6.07) is 0. The van der Waals surface area contributed by atoms with Crippen molar-refractivity contribution < 1.29 is 0 Å². The van der Waals surface area contributed by atoms with Crippen molar-refractivity contribution in [2.75, 3.05) is 6.54 Å². The number of allylic oxidation sites excluding steroid dienone is 1. The van der Waals surface area contributed by atoms with E-state index in [9.17, 15) is 0 Å². The van der Waals surface area contributed by atoms with Crippen LogP contribution in [0.4, 0.5) is 0 Å². The number of nitrogens with zero attached hydrogens (tertiary/aromatic N) is 1. The van der Waals surface area contributed by atoms with Gasteiger partial charge in [-0.2, -0.15) is 0 Å². The molecule has 2 nitrogen and oxygen atoms in total. The zero-order chi connectivity index (χ0) is 7.11. The zero-order valence-corrected chi connectivity index (χ0v) is 6.09. The van der Waals surface area contributed by atoms with Crippen LogP contribution in [0.3, 0.4) is 0 Å². The van der Waals surface area contributed by atoms with E-state index in [0.717, 1.165) is 18.5 Å². The molecule has 0 saturated carbocycles. The van der Waals surface area contributed by atoms with E-state index in [1.165, 1.54) is 0 Å². The predicted octanol–water partition coefficient (Wildman–Crippen LogP) is 1.33. The van der Waals surface area contributed by atoms with Gasteiger partial charge in [0.15, 0.2) is 0 Å². The normalized spacial score (nSPS) is 12.9. The molecule has 0 aromatic heterocycles. The molecule has 0 aromatic rings. The summed E-state index contributed by atoms with van der Waals surface area (Å²) >= 11 is 0. The van der Waals surface area contributed by atoms with Crippen molar-refractivity contribution in [3.63, 3.8) is 0 Å². The van der Waals surface area contributed by atoms with Gasteiger partial charge in [0.25, 0.3) is 0 Å². The molecule has 0 fully saturated rings. The first kappa shape index (κ1) is 8.21. The molecule has 52 valence electrons. The second kappa shape index (κ2) is 5.35. The van der Waals surface area contributed by atoms with Gasteiger partial charge in [-0.05, 0) is 25.1 Å². The summed E-state index contributed by atoms with van der Waals surface area (Å²) in [5.74, 6) is 0. The molecule has 0 spiro atoms. The highest BCUT2D eigenvalue weighted by Gasteiger charge is 1.76. The molecule has 0 rings (SSSR count). The van der Waals surface area contributed by atoms with Gasteiger partial charge in [0.1, 0.15) is 0 Å². The van der Waals surface area contributed by atoms with E-state index in [1.807, 2.05) is 6.92 Å². The minimum atomic E-state index is 0.894. The van der Waals surface area contributed by atoms with Crippen molar-refractivity contribution in [3.05, 3.63) is 11.8 Å². The van der Waals surface area contributed by atoms with E-state index < -0.39 is 0 Å². The molecule has 0 aromatic carbocycles. The molecule has 0 atom stereocenters. The van der Waals surface area contributed by atoms with E-state index in [4.69, 9.17) is 5.73 Å². The van der Waals surface area contributed by atoms with Gasteiger partial charge in [0, 0.05) is 12.8 Å². The molecule has 2 heteroatoms. The maximum atomic E-state index is 5.20. The van der Waals surface area contributed by atoms with Crippen molar-refractivity contribution in [3.8, 4) is 0 Å². The van der Waals surface area contributed by atoms with Gasteiger partial charge in [0.05, 0.1) is 0 Å². The Hall–Kier alpha value is -0.790. The summed E-state index contributed by atoms with van der Waals surface area (Å²) in [5, 5.41) is 0. The molecule has 0 amide bonds. The third-order valence-corrected chi connectivity index (χ3v) is 0.911. The molecule has 0 bridgehead atoms. The summed E-state index contributed by atoms with van der Waals surface area (Å²) in [6.45, 7) is 4.92. The van der Waals surface area contributed by atoms with Crippen LogP contribution in [0.25, 0.3) is 0 Å². The second-order valence-electron chi connectivity index (χ2n) is 1.95. The lowest BCUT2D eigenvalue weighted by Gasteiger charge is -1.86. The minimum Gasteiger partial charge on any atom is -0.404 e. The van der Waals surface area contributed by atoms with Crippen molar-refractivity contribution in [1.82, 2.24) is 0 Å². The molecule has 0 unspecified atom stereocenters. The lowest BCUT2D eigenvalue weighted by molar-refractivity contribution is 0.936. The van der Waals surface area contributed by atoms with Crippen molar-refractivity contribution in [2.24, 2.45) is 10.7 Å². The molecule has 9 heavy (non-hydrogen) atoms. The average Bonchev–Trinajstić information content (AvgIpc) is 1.89. The lowest BCUT2D eigenvalue weighted by Crippen LogP contribution is -1.86. The van der Waals surface area contributed by atoms with E-state index >= 15 is 0 Å². The molecule has 0 saturated heterocycles. The van der Waals surface area contributed by atoms with Crippen molar-refractivity contribution >= 4 is 6.21 Å². The van der Waals surface area contributed by atoms with Crippen LogP contribution in [-0.2, 0) is 0 Å². The van der Waals surface area contributed by atoms with Crippen LogP contribution in [0.2, 0.25) is 0 Å². The van der Waals surface area contributed by atoms with Gasteiger partial charge in [-0.3, -0.25) is 4.99 Å². The fraction of sp³-hybridized carbons (Fsp3) is 0.571. The molecule has 0 aliphatic heterocycles. The van der Waals surface area contributed by atoms with Gasteiger partial charge in [0.2, 0.25) is 0 Å². The molecule has 0 aliphatic carbocycles. The van der Waals surface area contributed by atoms with Crippen LogP contribution in [0.1, 0.15) is 20.3 Å². The Bertz CT molecular complexity index is 114. The monoisotopic (exact) mass is 126 g/mol. The Labute approximate surface area is 56.5 Å². The number of hydrogen-bond acceptors (Lipinski definition) is 2. The quantitative estimate of drug-likeness (QED) is 0.569. The van der Waals surface area contributed by atoms with Crippen LogP contribution < -0.4 is 5.73 Å². The Balaban J connectivity index is 3.45. The van der Waals surface area contributed by atoms with Crippen LogP contribution >= 0.6 is 0 Å². The number of nitrogens with two attached hydrogens (primary N) is 1. The van der Waals surface area contributed by atoms with Gasteiger partial charge in [-0.1, -0.05) is 6.92 Å². The lowest BCUT2D eigenvalue weighted by atomic mass is 10.4. The molecule has 0 heterocycles. The highest BCUT2D eigenvalue weighted by molar-refractivity contribution is 5.77. The third kappa shape index (κ3) is 5.07. The Morgan fingerprint density at radius 3 is 2.78 bits per heavy atom. The van der Waals surface area contributed by atoms with E-state index in [1.54, 1.807) is 12.4 Å². The minimum absolute atomic E-state index is 0.894. The number of rotatable bonds is 3. The highest BCUT2D eigenvalue weighted by atomic mass is 14.7. The summed E-state index contributed by atoms with van der Waals surface area (Å²) < 4.78 is 0.